The lowest BCUT2D eigenvalue weighted by atomic mass is 10.3. The van der Waals surface area contributed by atoms with Crippen LogP contribution in [0, 0.1) is 0 Å². The topological polar surface area (TPSA) is 89.3 Å². The highest BCUT2D eigenvalue weighted by molar-refractivity contribution is 7.99. The maximum absolute atomic E-state index is 12.3. The van der Waals surface area contributed by atoms with Gasteiger partial charge in [0.15, 0.2) is 0 Å². The molecule has 0 heterocycles. The van der Waals surface area contributed by atoms with E-state index in [4.69, 9.17) is 17.3 Å². The zero-order chi connectivity index (χ0) is 16.9. The highest BCUT2D eigenvalue weighted by atomic mass is 35.5. The predicted octanol–water partition coefficient (Wildman–Crippen LogP) is 2.26. The molecule has 3 N–H and O–H groups in total. The molecular weight excluding hydrogens is 356 g/mol. The van der Waals surface area contributed by atoms with Crippen molar-refractivity contribution in [2.24, 2.45) is 5.73 Å². The molecular formula is C15H15ClN2O3S2. The summed E-state index contributed by atoms with van der Waals surface area (Å²) in [5, 5.41) is 0.426. The SMILES string of the molecule is NC(=O)C(CSc1ccccc1)NS(=O)(=O)c1ccc(Cl)cc1. The van der Waals surface area contributed by atoms with E-state index in [1.54, 1.807) is 0 Å². The number of halogens is 1. The standard InChI is InChI=1S/C15H15ClN2O3S2/c16-11-6-8-13(9-7-11)23(20,21)18-14(15(17)19)10-22-12-4-2-1-3-5-12/h1-9,14,18H,10H2,(H2,17,19). The molecule has 1 unspecified atom stereocenters. The Hall–Kier alpha value is -1.54. The number of carbonyl (C=O) groups is 1. The summed E-state index contributed by atoms with van der Waals surface area (Å²) < 4.78 is 26.9. The first kappa shape index (κ1) is 17.8. The molecule has 2 aromatic rings. The predicted molar refractivity (Wildman–Crippen MR) is 91.9 cm³/mol. The van der Waals surface area contributed by atoms with Crippen LogP contribution >= 0.6 is 23.4 Å². The fraction of sp³-hybridized carbons (Fsp3) is 0.133. The lowest BCUT2D eigenvalue weighted by Crippen LogP contribution is -2.46. The van der Waals surface area contributed by atoms with Crippen molar-refractivity contribution in [2.75, 3.05) is 5.75 Å². The van der Waals surface area contributed by atoms with Crippen molar-refractivity contribution in [2.45, 2.75) is 15.8 Å². The summed E-state index contributed by atoms with van der Waals surface area (Å²) in [7, 11) is -3.85. The maximum Gasteiger partial charge on any atom is 0.241 e. The van der Waals surface area contributed by atoms with Crippen LogP contribution in [0.2, 0.25) is 5.02 Å². The van der Waals surface area contributed by atoms with Crippen molar-refractivity contribution in [1.82, 2.24) is 4.72 Å². The van der Waals surface area contributed by atoms with Gasteiger partial charge in [0, 0.05) is 15.7 Å². The van der Waals surface area contributed by atoms with E-state index >= 15 is 0 Å². The summed E-state index contributed by atoms with van der Waals surface area (Å²) in [5.74, 6) is -0.530. The van der Waals surface area contributed by atoms with Crippen LogP contribution in [0.4, 0.5) is 0 Å². The van der Waals surface area contributed by atoms with E-state index in [0.717, 1.165) is 4.90 Å². The second-order valence-corrected chi connectivity index (χ2v) is 7.90. The van der Waals surface area contributed by atoms with Crippen molar-refractivity contribution in [3.05, 3.63) is 59.6 Å². The fourth-order valence-corrected chi connectivity index (χ4v) is 4.13. The van der Waals surface area contributed by atoms with Gasteiger partial charge in [0.2, 0.25) is 15.9 Å². The number of amides is 1. The first-order chi connectivity index (χ1) is 10.9. The number of rotatable bonds is 7. The minimum Gasteiger partial charge on any atom is -0.368 e. The van der Waals surface area contributed by atoms with E-state index in [2.05, 4.69) is 4.72 Å². The van der Waals surface area contributed by atoms with Crippen LogP contribution in [0.25, 0.3) is 0 Å². The zero-order valence-electron chi connectivity index (χ0n) is 12.0. The van der Waals surface area contributed by atoms with E-state index in [9.17, 15) is 13.2 Å². The Morgan fingerprint density at radius 1 is 1.13 bits per heavy atom. The Kier molecular flexibility index (Phi) is 6.06. The first-order valence-corrected chi connectivity index (χ1v) is 9.48. The average Bonchev–Trinajstić information content (AvgIpc) is 2.52. The van der Waals surface area contributed by atoms with Gasteiger partial charge in [-0.1, -0.05) is 29.8 Å². The van der Waals surface area contributed by atoms with Gasteiger partial charge in [-0.05, 0) is 36.4 Å². The van der Waals surface area contributed by atoms with Gasteiger partial charge in [0.25, 0.3) is 0 Å². The summed E-state index contributed by atoms with van der Waals surface area (Å²) in [4.78, 5) is 12.5. The van der Waals surface area contributed by atoms with Gasteiger partial charge >= 0.3 is 0 Å². The van der Waals surface area contributed by atoms with E-state index in [1.807, 2.05) is 30.3 Å². The van der Waals surface area contributed by atoms with Gasteiger partial charge < -0.3 is 5.73 Å². The molecule has 0 bridgehead atoms. The monoisotopic (exact) mass is 370 g/mol. The van der Waals surface area contributed by atoms with Gasteiger partial charge in [0.05, 0.1) is 4.90 Å². The Morgan fingerprint density at radius 3 is 2.30 bits per heavy atom. The molecule has 2 aromatic carbocycles. The van der Waals surface area contributed by atoms with Crippen LogP contribution in [0.3, 0.4) is 0 Å². The molecule has 122 valence electrons. The van der Waals surface area contributed by atoms with Crippen LogP contribution in [0.15, 0.2) is 64.4 Å². The fourth-order valence-electron chi connectivity index (χ4n) is 1.74. The molecule has 8 heteroatoms. The third kappa shape index (κ3) is 5.24. The number of thioether (sulfide) groups is 1. The minimum absolute atomic E-state index is 0.0258. The van der Waals surface area contributed by atoms with Gasteiger partial charge in [-0.2, -0.15) is 4.72 Å². The lowest BCUT2D eigenvalue weighted by Gasteiger charge is -2.15. The summed E-state index contributed by atoms with van der Waals surface area (Å²) in [6.45, 7) is 0. The number of hydrogen-bond donors (Lipinski definition) is 2. The molecule has 0 aliphatic heterocycles. The smallest absolute Gasteiger partial charge is 0.241 e. The normalized spacial score (nSPS) is 12.7. The van der Waals surface area contributed by atoms with Crippen LogP contribution in [0.5, 0.6) is 0 Å². The second kappa shape index (κ2) is 7.83. The largest absolute Gasteiger partial charge is 0.368 e. The molecule has 0 saturated heterocycles. The van der Waals surface area contributed by atoms with Gasteiger partial charge in [0.1, 0.15) is 6.04 Å². The summed E-state index contributed by atoms with van der Waals surface area (Å²) in [6.07, 6.45) is 0. The number of sulfonamides is 1. The van der Waals surface area contributed by atoms with Crippen molar-refractivity contribution >= 4 is 39.3 Å². The Morgan fingerprint density at radius 2 is 1.74 bits per heavy atom. The van der Waals surface area contributed by atoms with Crippen LogP contribution in [-0.2, 0) is 14.8 Å². The molecule has 0 saturated carbocycles. The summed E-state index contributed by atoms with van der Waals surface area (Å²) in [5.41, 5.74) is 5.31. The van der Waals surface area contributed by atoms with Crippen molar-refractivity contribution in [3.8, 4) is 0 Å². The van der Waals surface area contributed by atoms with Crippen molar-refractivity contribution < 1.29 is 13.2 Å². The summed E-state index contributed by atoms with van der Waals surface area (Å²) >= 11 is 7.09. The quantitative estimate of drug-likeness (QED) is 0.731. The van der Waals surface area contributed by atoms with Crippen molar-refractivity contribution in [3.63, 3.8) is 0 Å². The highest BCUT2D eigenvalue weighted by Crippen LogP contribution is 2.19. The van der Waals surface area contributed by atoms with Gasteiger partial charge in [-0.25, -0.2) is 8.42 Å². The van der Waals surface area contributed by atoms with E-state index < -0.39 is 22.0 Å². The number of primary amides is 1. The summed E-state index contributed by atoms with van der Waals surface area (Å²) in [6, 6.07) is 14.0. The molecule has 2 rings (SSSR count). The molecule has 0 spiro atoms. The molecule has 1 amide bonds. The number of nitrogens with two attached hydrogens (primary N) is 1. The van der Waals surface area contributed by atoms with Gasteiger partial charge in [-0.15, -0.1) is 11.8 Å². The molecule has 0 radical (unpaired) electrons. The van der Waals surface area contributed by atoms with E-state index in [0.29, 0.717) is 5.02 Å². The third-order valence-corrected chi connectivity index (χ3v) is 5.77. The average molecular weight is 371 g/mol. The Bertz CT molecular complexity index is 765. The van der Waals surface area contributed by atoms with Crippen LogP contribution < -0.4 is 10.5 Å². The van der Waals surface area contributed by atoms with Crippen LogP contribution in [0.1, 0.15) is 0 Å². The molecule has 0 aromatic heterocycles. The van der Waals surface area contributed by atoms with Gasteiger partial charge in [-0.3, -0.25) is 4.79 Å². The maximum atomic E-state index is 12.3. The lowest BCUT2D eigenvalue weighted by molar-refractivity contribution is -0.119. The molecule has 1 atom stereocenters. The van der Waals surface area contributed by atoms with E-state index in [-0.39, 0.29) is 10.6 Å². The number of carbonyl (C=O) groups excluding carboxylic acids is 1. The number of hydrogen-bond acceptors (Lipinski definition) is 4. The second-order valence-electron chi connectivity index (χ2n) is 4.65. The third-order valence-electron chi connectivity index (χ3n) is 2.92. The molecule has 23 heavy (non-hydrogen) atoms. The number of benzene rings is 2. The highest BCUT2D eigenvalue weighted by Gasteiger charge is 2.24. The zero-order valence-corrected chi connectivity index (χ0v) is 14.4. The molecule has 0 fully saturated rings. The molecule has 0 aliphatic carbocycles. The molecule has 0 aliphatic rings. The van der Waals surface area contributed by atoms with E-state index in [1.165, 1.54) is 36.0 Å². The number of nitrogens with one attached hydrogen (secondary N) is 1. The molecule has 5 nitrogen and oxygen atoms in total. The minimum atomic E-state index is -3.85. The first-order valence-electron chi connectivity index (χ1n) is 6.63. The van der Waals surface area contributed by atoms with Crippen molar-refractivity contribution in [1.29, 1.82) is 0 Å². The Balaban J connectivity index is 2.09. The van der Waals surface area contributed by atoms with Crippen LogP contribution in [-0.4, -0.2) is 26.1 Å². The Labute approximate surface area is 144 Å².